The highest BCUT2D eigenvalue weighted by Crippen LogP contribution is 2.45. The summed E-state index contributed by atoms with van der Waals surface area (Å²) in [6.45, 7) is 5.77. The summed E-state index contributed by atoms with van der Waals surface area (Å²) in [5.74, 6) is 0.422. The third kappa shape index (κ3) is 7.67. The predicted molar refractivity (Wildman–Crippen MR) is 160 cm³/mol. The van der Waals surface area contributed by atoms with Crippen molar-refractivity contribution < 1.29 is 14.3 Å². The van der Waals surface area contributed by atoms with E-state index in [4.69, 9.17) is 15.7 Å². The predicted octanol–water partition coefficient (Wildman–Crippen LogP) is 4.21. The van der Waals surface area contributed by atoms with E-state index >= 15 is 0 Å². The molecule has 2 fully saturated rings. The molecule has 4 heterocycles. The zero-order valence-electron chi connectivity index (χ0n) is 23.0. The van der Waals surface area contributed by atoms with Gasteiger partial charge in [-0.2, -0.15) is 5.26 Å². The van der Waals surface area contributed by atoms with Gasteiger partial charge in [0.25, 0.3) is 5.91 Å². The van der Waals surface area contributed by atoms with Crippen LogP contribution in [-0.4, -0.2) is 67.1 Å². The number of amides is 1. The standard InChI is InChI=1S/C26H27N7O3.C3H7P/c1-16-11-19(4-5-20(16)26(35)36-2)32-23-12-22(21(15-29-23)25(28)34)31-18-7-9-33(10-8-18)24-6-3-17(13-27)14-30-24;1-4-2-3-4/h3-6,11-12,14-15,18H,7-10H2,1-2H3,(H2,28,34)(H2,29,31,32);2-3H2,1H3/p+1. The van der Waals surface area contributed by atoms with Gasteiger partial charge in [-0.1, -0.05) is 0 Å². The quantitative estimate of drug-likeness (QED) is 0.286. The Morgan fingerprint density at radius 3 is 2.38 bits per heavy atom. The third-order valence-corrected chi connectivity index (χ3v) is 8.38. The molecule has 0 radical (unpaired) electrons. The van der Waals surface area contributed by atoms with Gasteiger partial charge in [0.1, 0.15) is 17.7 Å². The third-order valence-electron chi connectivity index (χ3n) is 6.88. The molecule has 40 heavy (non-hydrogen) atoms. The molecule has 2 aliphatic rings. The number of anilines is 4. The van der Waals surface area contributed by atoms with E-state index in [1.807, 2.05) is 19.1 Å². The van der Waals surface area contributed by atoms with Gasteiger partial charge in [0.05, 0.1) is 41.8 Å². The van der Waals surface area contributed by atoms with Crippen molar-refractivity contribution >= 4 is 42.8 Å². The molecule has 1 aromatic carbocycles. The lowest BCUT2D eigenvalue weighted by Crippen LogP contribution is -2.39. The monoisotopic (exact) mass is 560 g/mol. The van der Waals surface area contributed by atoms with Crippen LogP contribution in [0.4, 0.5) is 23.0 Å². The lowest BCUT2D eigenvalue weighted by molar-refractivity contribution is 0.0599. The number of primary amides is 1. The van der Waals surface area contributed by atoms with E-state index < -0.39 is 11.9 Å². The van der Waals surface area contributed by atoms with Crippen LogP contribution in [0.1, 0.15) is 44.7 Å². The molecule has 10 nitrogen and oxygen atoms in total. The van der Waals surface area contributed by atoms with Crippen LogP contribution in [0.5, 0.6) is 0 Å². The maximum atomic E-state index is 12.0. The van der Waals surface area contributed by atoms with Gasteiger partial charge < -0.3 is 26.0 Å². The van der Waals surface area contributed by atoms with Gasteiger partial charge in [-0.25, -0.2) is 14.8 Å². The smallest absolute Gasteiger partial charge is 0.338 e. The van der Waals surface area contributed by atoms with E-state index in [0.717, 1.165) is 43.0 Å². The first kappa shape index (κ1) is 28.8. The summed E-state index contributed by atoms with van der Waals surface area (Å²) in [5.41, 5.74) is 9.06. The van der Waals surface area contributed by atoms with Gasteiger partial charge >= 0.3 is 5.97 Å². The minimum Gasteiger partial charge on any atom is -0.465 e. The summed E-state index contributed by atoms with van der Waals surface area (Å²) in [7, 11) is 1.72. The number of esters is 1. The number of carbonyl (C=O) groups is 2. The molecule has 5 rings (SSSR count). The number of benzene rings is 1. The molecular formula is C29H35N7O3P+. The molecular weight excluding hydrogens is 525 g/mol. The maximum absolute atomic E-state index is 12.0. The number of hydrogen-bond acceptors (Lipinski definition) is 9. The molecule has 2 aromatic heterocycles. The van der Waals surface area contributed by atoms with Crippen molar-refractivity contribution in [2.24, 2.45) is 5.73 Å². The number of aromatic nitrogens is 2. The molecule has 0 aliphatic carbocycles. The Bertz CT molecular complexity index is 1400. The number of ether oxygens (including phenoxy) is 1. The summed E-state index contributed by atoms with van der Waals surface area (Å²) in [4.78, 5) is 34.8. The highest BCUT2D eigenvalue weighted by molar-refractivity contribution is 7.64. The van der Waals surface area contributed by atoms with E-state index in [1.165, 1.54) is 13.3 Å². The Hall–Kier alpha value is -4.22. The molecule has 2 saturated heterocycles. The number of nitrogens with two attached hydrogens (primary N) is 1. The summed E-state index contributed by atoms with van der Waals surface area (Å²) < 4.78 is 4.80. The van der Waals surface area contributed by atoms with Crippen LogP contribution in [0.2, 0.25) is 0 Å². The average molecular weight is 561 g/mol. The normalized spacial score (nSPS) is 14.8. The van der Waals surface area contributed by atoms with Crippen LogP contribution in [-0.2, 0) is 4.74 Å². The van der Waals surface area contributed by atoms with Crippen LogP contribution < -0.4 is 21.3 Å². The number of hydrogen-bond donors (Lipinski definition) is 3. The molecule has 0 spiro atoms. The van der Waals surface area contributed by atoms with Crippen LogP contribution in [0.25, 0.3) is 0 Å². The number of nitrogens with one attached hydrogen (secondary N) is 2. The molecule has 0 bridgehead atoms. The van der Waals surface area contributed by atoms with Gasteiger partial charge in [-0.05, 0) is 55.7 Å². The first-order chi connectivity index (χ1) is 19.3. The van der Waals surface area contributed by atoms with Gasteiger partial charge in [0.2, 0.25) is 0 Å². The molecule has 2 aliphatic heterocycles. The van der Waals surface area contributed by atoms with Crippen molar-refractivity contribution in [1.29, 1.82) is 5.26 Å². The fraction of sp³-hybridized carbons (Fsp3) is 0.345. The highest BCUT2D eigenvalue weighted by atomic mass is 31.1. The number of carbonyl (C=O) groups excluding carboxylic acids is 2. The highest BCUT2D eigenvalue weighted by Gasteiger charge is 2.23. The Labute approximate surface area is 235 Å². The Kier molecular flexibility index (Phi) is 9.52. The minimum absolute atomic E-state index is 0.134. The molecule has 0 unspecified atom stereocenters. The number of methoxy groups -OCH3 is 1. The van der Waals surface area contributed by atoms with Crippen molar-refractivity contribution in [3.05, 3.63) is 71.0 Å². The summed E-state index contributed by atoms with van der Waals surface area (Å²) in [6.07, 6.45) is 7.88. The SMILES string of the molecule is COC(=O)c1ccc(Nc2cc(NC3CCN(c4ccc(C#N)cn4)CC3)c(C(N)=O)cn2)cc1C.C[PH+]1CC1. The van der Waals surface area contributed by atoms with Crippen LogP contribution in [0.3, 0.4) is 0 Å². The van der Waals surface area contributed by atoms with Crippen molar-refractivity contribution in [2.75, 3.05) is 54.7 Å². The zero-order chi connectivity index (χ0) is 28.6. The van der Waals surface area contributed by atoms with E-state index in [0.29, 0.717) is 36.1 Å². The molecule has 0 saturated carbocycles. The number of aryl methyl sites for hydroxylation is 1. The Morgan fingerprint density at radius 1 is 1.10 bits per heavy atom. The lowest BCUT2D eigenvalue weighted by atomic mass is 10.0. The van der Waals surface area contributed by atoms with Gasteiger partial charge in [-0.3, -0.25) is 4.79 Å². The zero-order valence-corrected chi connectivity index (χ0v) is 24.0. The van der Waals surface area contributed by atoms with E-state index in [9.17, 15) is 9.59 Å². The van der Waals surface area contributed by atoms with Crippen molar-refractivity contribution in [3.8, 4) is 6.07 Å². The molecule has 4 N–H and O–H groups in total. The van der Waals surface area contributed by atoms with Crippen LogP contribution >= 0.6 is 7.92 Å². The number of rotatable bonds is 7. The fourth-order valence-electron chi connectivity index (χ4n) is 4.30. The topological polar surface area (TPSA) is 146 Å². The summed E-state index contributed by atoms with van der Waals surface area (Å²) >= 11 is 0. The minimum atomic E-state index is -0.561. The molecule has 3 aromatic rings. The first-order valence-corrected chi connectivity index (χ1v) is 15.6. The maximum Gasteiger partial charge on any atom is 0.338 e. The molecule has 1 amide bonds. The van der Waals surface area contributed by atoms with E-state index in [1.54, 1.807) is 42.8 Å². The van der Waals surface area contributed by atoms with Gasteiger partial charge in [-0.15, -0.1) is 0 Å². The second kappa shape index (κ2) is 13.2. The summed E-state index contributed by atoms with van der Waals surface area (Å²) in [5, 5.41) is 15.6. The molecule has 0 atom stereocenters. The number of piperidine rings is 1. The molecule has 208 valence electrons. The second-order valence-electron chi connectivity index (χ2n) is 10.0. The van der Waals surface area contributed by atoms with Gasteiger partial charge in [0.15, 0.2) is 0 Å². The largest absolute Gasteiger partial charge is 0.465 e. The average Bonchev–Trinajstić information content (AvgIpc) is 3.75. The Morgan fingerprint density at radius 2 is 1.82 bits per heavy atom. The van der Waals surface area contributed by atoms with E-state index in [2.05, 4.69) is 38.2 Å². The Balaban J connectivity index is 0.000000848. The lowest BCUT2D eigenvalue weighted by Gasteiger charge is -2.34. The van der Waals surface area contributed by atoms with Crippen molar-refractivity contribution in [1.82, 2.24) is 9.97 Å². The number of nitriles is 1. The fourth-order valence-corrected chi connectivity index (χ4v) is 5.30. The van der Waals surface area contributed by atoms with E-state index in [-0.39, 0.29) is 6.04 Å². The number of pyridine rings is 2. The number of nitrogens with zero attached hydrogens (tertiary/aromatic N) is 4. The second-order valence-corrected chi connectivity index (χ2v) is 12.9. The summed E-state index contributed by atoms with van der Waals surface area (Å²) in [6, 6.07) is 12.9. The van der Waals surface area contributed by atoms with Crippen LogP contribution in [0.15, 0.2) is 48.8 Å². The first-order valence-electron chi connectivity index (χ1n) is 13.2. The molecule has 11 heteroatoms. The van der Waals surface area contributed by atoms with Crippen molar-refractivity contribution in [3.63, 3.8) is 0 Å². The van der Waals surface area contributed by atoms with Gasteiger partial charge in [0, 0.05) is 57.9 Å². The van der Waals surface area contributed by atoms with Crippen molar-refractivity contribution in [2.45, 2.75) is 25.8 Å². The van der Waals surface area contributed by atoms with Crippen LogP contribution in [0, 0.1) is 18.3 Å².